The molecule has 2 N–H and O–H groups in total. The Kier molecular flexibility index (Phi) is 6.16. The van der Waals surface area contributed by atoms with Crippen molar-refractivity contribution in [1.82, 2.24) is 0 Å². The zero-order valence-corrected chi connectivity index (χ0v) is 9.06. The van der Waals surface area contributed by atoms with Gasteiger partial charge in [0.05, 0.1) is 0 Å². The fraction of sp³-hybridized carbons (Fsp3) is 0.889. The largest absolute Gasteiger partial charge is 0.479 e. The fourth-order valence-corrected chi connectivity index (χ4v) is 1.86. The van der Waals surface area contributed by atoms with Crippen molar-refractivity contribution in [1.29, 1.82) is 0 Å². The van der Waals surface area contributed by atoms with Crippen molar-refractivity contribution in [2.24, 2.45) is 0 Å². The topological polar surface area (TPSA) is 57.5 Å². The highest BCUT2D eigenvalue weighted by Crippen LogP contribution is 2.15. The summed E-state index contributed by atoms with van der Waals surface area (Å²) in [6, 6.07) is 0. The number of carbonyl (C=O) groups is 1. The molecule has 0 saturated heterocycles. The van der Waals surface area contributed by atoms with Crippen molar-refractivity contribution in [3.8, 4) is 0 Å². The molecule has 0 amide bonds. The Bertz CT molecular complexity index is 157. The van der Waals surface area contributed by atoms with Crippen molar-refractivity contribution in [3.05, 3.63) is 0 Å². The maximum absolute atomic E-state index is 10.5. The van der Waals surface area contributed by atoms with Crippen LogP contribution in [0.4, 0.5) is 0 Å². The molecule has 4 heteroatoms. The average molecular weight is 206 g/mol. The molecular formula is C9H18O3S. The first-order valence-electron chi connectivity index (χ1n) is 4.54. The van der Waals surface area contributed by atoms with Crippen LogP contribution in [0.25, 0.3) is 0 Å². The molecule has 0 heterocycles. The standard InChI is InChI=1S/C9H18O3S/c1-3-4-5-6-13-7-9(2,12)8(10)11/h12H,3-7H2,1-2H3,(H,10,11). The van der Waals surface area contributed by atoms with Crippen LogP contribution >= 0.6 is 11.8 Å². The van der Waals surface area contributed by atoms with Gasteiger partial charge in [0, 0.05) is 5.75 Å². The summed E-state index contributed by atoms with van der Waals surface area (Å²) in [6.45, 7) is 3.46. The molecule has 0 spiro atoms. The maximum atomic E-state index is 10.5. The lowest BCUT2D eigenvalue weighted by Gasteiger charge is -2.16. The van der Waals surface area contributed by atoms with Gasteiger partial charge < -0.3 is 10.2 Å². The predicted molar refractivity (Wildman–Crippen MR) is 55.1 cm³/mol. The zero-order valence-electron chi connectivity index (χ0n) is 8.25. The van der Waals surface area contributed by atoms with E-state index in [1.165, 1.54) is 25.1 Å². The first-order chi connectivity index (χ1) is 6.00. The molecule has 0 fully saturated rings. The molecule has 0 rings (SSSR count). The molecule has 0 aliphatic rings. The third-order valence-electron chi connectivity index (χ3n) is 1.74. The highest BCUT2D eigenvalue weighted by molar-refractivity contribution is 7.99. The number of aliphatic carboxylic acids is 1. The lowest BCUT2D eigenvalue weighted by atomic mass is 10.1. The summed E-state index contributed by atoms with van der Waals surface area (Å²) in [5.41, 5.74) is -1.57. The van der Waals surface area contributed by atoms with E-state index in [0.717, 1.165) is 18.6 Å². The molecule has 0 aromatic carbocycles. The first-order valence-corrected chi connectivity index (χ1v) is 5.69. The van der Waals surface area contributed by atoms with E-state index in [-0.39, 0.29) is 5.75 Å². The minimum absolute atomic E-state index is 0.270. The van der Waals surface area contributed by atoms with Crippen molar-refractivity contribution in [3.63, 3.8) is 0 Å². The normalized spacial score (nSPS) is 15.3. The number of hydrogen-bond donors (Lipinski definition) is 2. The van der Waals surface area contributed by atoms with E-state index in [2.05, 4.69) is 6.92 Å². The molecule has 0 aromatic rings. The van der Waals surface area contributed by atoms with Crippen LogP contribution < -0.4 is 0 Å². The summed E-state index contributed by atoms with van der Waals surface area (Å²) < 4.78 is 0. The van der Waals surface area contributed by atoms with Crippen molar-refractivity contribution in [2.45, 2.75) is 38.7 Å². The maximum Gasteiger partial charge on any atom is 0.336 e. The van der Waals surface area contributed by atoms with Gasteiger partial charge in [0.2, 0.25) is 0 Å². The highest BCUT2D eigenvalue weighted by Gasteiger charge is 2.29. The van der Waals surface area contributed by atoms with Gasteiger partial charge in [-0.1, -0.05) is 19.8 Å². The molecule has 78 valence electrons. The summed E-state index contributed by atoms with van der Waals surface area (Å²) >= 11 is 1.50. The molecule has 0 aliphatic carbocycles. The van der Waals surface area contributed by atoms with E-state index in [9.17, 15) is 9.90 Å². The molecule has 13 heavy (non-hydrogen) atoms. The number of carboxylic acids is 1. The molecule has 0 aromatic heterocycles. The van der Waals surface area contributed by atoms with Crippen LogP contribution in [0.2, 0.25) is 0 Å². The zero-order chi connectivity index (χ0) is 10.3. The van der Waals surface area contributed by atoms with Gasteiger partial charge in [0.15, 0.2) is 5.60 Å². The molecule has 0 bridgehead atoms. The third-order valence-corrected chi connectivity index (χ3v) is 3.08. The molecule has 0 aliphatic heterocycles. The number of unbranched alkanes of at least 4 members (excludes halogenated alkanes) is 2. The smallest absolute Gasteiger partial charge is 0.336 e. The molecule has 0 radical (unpaired) electrons. The first kappa shape index (κ1) is 12.8. The van der Waals surface area contributed by atoms with Crippen molar-refractivity contribution >= 4 is 17.7 Å². The summed E-state index contributed by atoms with van der Waals surface area (Å²) in [6.07, 6.45) is 3.43. The van der Waals surface area contributed by atoms with Gasteiger partial charge in [-0.25, -0.2) is 4.79 Å². The predicted octanol–water partition coefficient (Wildman–Crippen LogP) is 1.75. The van der Waals surface area contributed by atoms with Gasteiger partial charge in [-0.3, -0.25) is 0 Å². The van der Waals surface area contributed by atoms with E-state index in [0.29, 0.717) is 0 Å². The van der Waals surface area contributed by atoms with Gasteiger partial charge in [-0.05, 0) is 19.1 Å². The van der Waals surface area contributed by atoms with Gasteiger partial charge in [-0.2, -0.15) is 11.8 Å². The van der Waals surface area contributed by atoms with Crippen LogP contribution in [0.1, 0.15) is 33.1 Å². The number of thioether (sulfide) groups is 1. The van der Waals surface area contributed by atoms with Gasteiger partial charge in [-0.15, -0.1) is 0 Å². The second-order valence-electron chi connectivity index (χ2n) is 3.34. The number of hydrogen-bond acceptors (Lipinski definition) is 3. The lowest BCUT2D eigenvalue weighted by Crippen LogP contribution is -2.37. The van der Waals surface area contributed by atoms with Crippen molar-refractivity contribution < 1.29 is 15.0 Å². The summed E-state index contributed by atoms with van der Waals surface area (Å²) in [7, 11) is 0. The molecule has 0 saturated carbocycles. The molecule has 1 atom stereocenters. The minimum Gasteiger partial charge on any atom is -0.479 e. The Hall–Kier alpha value is -0.220. The minimum atomic E-state index is -1.57. The lowest BCUT2D eigenvalue weighted by molar-refractivity contribution is -0.154. The Labute approximate surface area is 83.5 Å². The van der Waals surface area contributed by atoms with Crippen LogP contribution in [0, 0.1) is 0 Å². The molecular weight excluding hydrogens is 188 g/mol. The monoisotopic (exact) mass is 206 g/mol. The summed E-state index contributed by atoms with van der Waals surface area (Å²) in [5.74, 6) is 0.0547. The Morgan fingerprint density at radius 3 is 2.54 bits per heavy atom. The second kappa shape index (κ2) is 6.27. The second-order valence-corrected chi connectivity index (χ2v) is 4.44. The van der Waals surface area contributed by atoms with E-state index >= 15 is 0 Å². The Balaban J connectivity index is 3.46. The SMILES string of the molecule is CCCCCSCC(C)(O)C(=O)O. The Morgan fingerprint density at radius 1 is 1.46 bits per heavy atom. The Morgan fingerprint density at radius 2 is 2.08 bits per heavy atom. The van der Waals surface area contributed by atoms with Crippen LogP contribution in [-0.4, -0.2) is 33.3 Å². The van der Waals surface area contributed by atoms with Crippen molar-refractivity contribution in [2.75, 3.05) is 11.5 Å². The van der Waals surface area contributed by atoms with Crippen LogP contribution in [0.15, 0.2) is 0 Å². The van der Waals surface area contributed by atoms with E-state index < -0.39 is 11.6 Å². The number of aliphatic hydroxyl groups is 1. The van der Waals surface area contributed by atoms with Crippen LogP contribution in [0.5, 0.6) is 0 Å². The number of rotatable bonds is 7. The fourth-order valence-electron chi connectivity index (χ4n) is 0.787. The molecule has 3 nitrogen and oxygen atoms in total. The van der Waals surface area contributed by atoms with E-state index in [4.69, 9.17) is 5.11 Å². The third kappa shape index (κ3) is 5.93. The van der Waals surface area contributed by atoms with E-state index in [1.807, 2.05) is 0 Å². The highest BCUT2D eigenvalue weighted by atomic mass is 32.2. The summed E-state index contributed by atoms with van der Waals surface area (Å²) in [4.78, 5) is 10.5. The van der Waals surface area contributed by atoms with Crippen LogP contribution in [0.3, 0.4) is 0 Å². The van der Waals surface area contributed by atoms with E-state index in [1.54, 1.807) is 0 Å². The molecule has 1 unspecified atom stereocenters. The average Bonchev–Trinajstić information content (AvgIpc) is 2.03. The van der Waals surface area contributed by atoms with Gasteiger partial charge in [0.1, 0.15) is 0 Å². The van der Waals surface area contributed by atoms with Gasteiger partial charge >= 0.3 is 5.97 Å². The summed E-state index contributed by atoms with van der Waals surface area (Å²) in [5, 5.41) is 17.9. The van der Waals surface area contributed by atoms with Gasteiger partial charge in [0.25, 0.3) is 0 Å². The number of carboxylic acid groups (broad SMARTS) is 1. The van der Waals surface area contributed by atoms with Crippen LogP contribution in [-0.2, 0) is 4.79 Å². The quantitative estimate of drug-likeness (QED) is 0.623.